The lowest BCUT2D eigenvalue weighted by Gasteiger charge is -2.31. The van der Waals surface area contributed by atoms with Crippen molar-refractivity contribution in [1.82, 2.24) is 15.5 Å². The van der Waals surface area contributed by atoms with Crippen molar-refractivity contribution in [2.45, 2.75) is 25.4 Å². The number of piperidine rings is 1. The molecule has 0 radical (unpaired) electrons. The molecule has 1 aromatic heterocycles. The number of amides is 1. The normalized spacial score (nSPS) is 17.8. The summed E-state index contributed by atoms with van der Waals surface area (Å²) in [6.45, 7) is 3.51. The largest absolute Gasteiger partial charge is 0.358 e. The first-order valence-electron chi connectivity index (χ1n) is 6.45. The molecule has 100 valence electrons. The number of hydrogen-bond acceptors (Lipinski definition) is 4. The molecular formula is C13H21N3OS. The summed E-state index contributed by atoms with van der Waals surface area (Å²) in [5.41, 5.74) is 1.37. The van der Waals surface area contributed by atoms with Crippen molar-refractivity contribution >= 4 is 17.2 Å². The fraction of sp³-hybridized carbons (Fsp3) is 0.615. The van der Waals surface area contributed by atoms with Crippen LogP contribution in [-0.2, 0) is 11.3 Å². The first-order chi connectivity index (χ1) is 8.78. The predicted octanol–water partition coefficient (Wildman–Crippen LogP) is 1.05. The molecule has 0 atom stereocenters. The molecule has 1 amide bonds. The molecule has 2 rings (SSSR count). The SMILES string of the molecule is CNC(=O)CN1CCC(NCc2ccsc2)CC1. The van der Waals surface area contributed by atoms with Crippen LogP contribution >= 0.6 is 11.3 Å². The molecule has 0 saturated carbocycles. The Labute approximate surface area is 112 Å². The van der Waals surface area contributed by atoms with E-state index in [-0.39, 0.29) is 5.91 Å². The van der Waals surface area contributed by atoms with E-state index >= 15 is 0 Å². The third-order valence-corrected chi connectivity index (χ3v) is 4.14. The second kappa shape index (κ2) is 6.87. The van der Waals surface area contributed by atoms with Crippen LogP contribution in [0.5, 0.6) is 0 Å². The standard InChI is InChI=1S/C13H21N3OS/c1-14-13(17)9-16-5-2-12(3-6-16)15-8-11-4-7-18-10-11/h4,7,10,12,15H,2-3,5-6,8-9H2,1H3,(H,14,17). The molecule has 18 heavy (non-hydrogen) atoms. The van der Waals surface area contributed by atoms with Gasteiger partial charge in [0.25, 0.3) is 0 Å². The maximum Gasteiger partial charge on any atom is 0.233 e. The van der Waals surface area contributed by atoms with Crippen molar-refractivity contribution in [2.75, 3.05) is 26.7 Å². The maximum atomic E-state index is 11.3. The van der Waals surface area contributed by atoms with E-state index in [4.69, 9.17) is 0 Å². The average Bonchev–Trinajstić information content (AvgIpc) is 2.91. The highest BCUT2D eigenvalue weighted by atomic mass is 32.1. The van der Waals surface area contributed by atoms with Gasteiger partial charge in [-0.05, 0) is 35.2 Å². The van der Waals surface area contributed by atoms with Crippen LogP contribution in [0.15, 0.2) is 16.8 Å². The van der Waals surface area contributed by atoms with Gasteiger partial charge >= 0.3 is 0 Å². The van der Waals surface area contributed by atoms with E-state index in [0.29, 0.717) is 12.6 Å². The van der Waals surface area contributed by atoms with Crippen LogP contribution in [0.25, 0.3) is 0 Å². The number of carbonyl (C=O) groups excluding carboxylic acids is 1. The van der Waals surface area contributed by atoms with Gasteiger partial charge in [-0.25, -0.2) is 0 Å². The molecule has 1 aromatic rings. The molecule has 5 heteroatoms. The molecule has 0 aliphatic carbocycles. The number of likely N-dealkylation sites (N-methyl/N-ethyl adjacent to an activating group) is 1. The van der Waals surface area contributed by atoms with Crippen molar-refractivity contribution < 1.29 is 4.79 Å². The minimum Gasteiger partial charge on any atom is -0.358 e. The van der Waals surface area contributed by atoms with Gasteiger partial charge in [-0.3, -0.25) is 9.69 Å². The Morgan fingerprint density at radius 3 is 2.89 bits per heavy atom. The molecule has 0 aromatic carbocycles. The zero-order chi connectivity index (χ0) is 12.8. The molecule has 0 unspecified atom stereocenters. The Morgan fingerprint density at radius 2 is 2.28 bits per heavy atom. The number of rotatable bonds is 5. The van der Waals surface area contributed by atoms with E-state index in [1.807, 2.05) is 0 Å². The molecular weight excluding hydrogens is 246 g/mol. The smallest absolute Gasteiger partial charge is 0.233 e. The maximum absolute atomic E-state index is 11.3. The minimum absolute atomic E-state index is 0.111. The number of likely N-dealkylation sites (tertiary alicyclic amines) is 1. The Bertz CT molecular complexity index is 358. The van der Waals surface area contributed by atoms with Crippen LogP contribution in [0.4, 0.5) is 0 Å². The third-order valence-electron chi connectivity index (χ3n) is 3.41. The minimum atomic E-state index is 0.111. The fourth-order valence-corrected chi connectivity index (χ4v) is 2.90. The molecule has 4 nitrogen and oxygen atoms in total. The fourth-order valence-electron chi connectivity index (χ4n) is 2.23. The average molecular weight is 267 g/mol. The molecule has 0 bridgehead atoms. The van der Waals surface area contributed by atoms with Crippen LogP contribution in [0.1, 0.15) is 18.4 Å². The summed E-state index contributed by atoms with van der Waals surface area (Å²) in [5, 5.41) is 10.6. The number of thiophene rings is 1. The topological polar surface area (TPSA) is 44.4 Å². The van der Waals surface area contributed by atoms with Crippen LogP contribution < -0.4 is 10.6 Å². The van der Waals surface area contributed by atoms with Crippen molar-refractivity contribution in [3.05, 3.63) is 22.4 Å². The van der Waals surface area contributed by atoms with Crippen molar-refractivity contribution in [3.8, 4) is 0 Å². The molecule has 0 spiro atoms. The van der Waals surface area contributed by atoms with E-state index in [1.54, 1.807) is 18.4 Å². The highest BCUT2D eigenvalue weighted by molar-refractivity contribution is 7.07. The van der Waals surface area contributed by atoms with Gasteiger partial charge in [0.2, 0.25) is 5.91 Å². The lowest BCUT2D eigenvalue weighted by Crippen LogP contribution is -2.45. The Morgan fingerprint density at radius 1 is 1.50 bits per heavy atom. The van der Waals surface area contributed by atoms with E-state index in [9.17, 15) is 4.79 Å². The van der Waals surface area contributed by atoms with Gasteiger partial charge in [-0.1, -0.05) is 0 Å². The zero-order valence-electron chi connectivity index (χ0n) is 10.8. The van der Waals surface area contributed by atoms with Gasteiger partial charge in [0.1, 0.15) is 0 Å². The summed E-state index contributed by atoms with van der Waals surface area (Å²) in [5.74, 6) is 0.111. The first kappa shape index (κ1) is 13.5. The van der Waals surface area contributed by atoms with Crippen LogP contribution in [-0.4, -0.2) is 43.5 Å². The molecule has 1 aliphatic rings. The second-order valence-corrected chi connectivity index (χ2v) is 5.52. The molecule has 1 fully saturated rings. The Kier molecular flexibility index (Phi) is 5.16. The van der Waals surface area contributed by atoms with Crippen molar-refractivity contribution in [3.63, 3.8) is 0 Å². The van der Waals surface area contributed by atoms with E-state index in [2.05, 4.69) is 32.4 Å². The highest BCUT2D eigenvalue weighted by Crippen LogP contribution is 2.12. The van der Waals surface area contributed by atoms with E-state index in [1.165, 1.54) is 5.56 Å². The number of carbonyl (C=O) groups is 1. The molecule has 1 saturated heterocycles. The third kappa shape index (κ3) is 4.08. The second-order valence-electron chi connectivity index (χ2n) is 4.74. The number of nitrogens with zero attached hydrogens (tertiary/aromatic N) is 1. The molecule has 2 N–H and O–H groups in total. The van der Waals surface area contributed by atoms with E-state index < -0.39 is 0 Å². The molecule has 1 aliphatic heterocycles. The summed E-state index contributed by atoms with van der Waals surface area (Å²) in [6.07, 6.45) is 2.25. The number of hydrogen-bond donors (Lipinski definition) is 2. The van der Waals surface area contributed by atoms with Gasteiger partial charge in [-0.15, -0.1) is 0 Å². The van der Waals surface area contributed by atoms with Gasteiger partial charge in [0.05, 0.1) is 6.54 Å². The Hall–Kier alpha value is -0.910. The summed E-state index contributed by atoms with van der Waals surface area (Å²) >= 11 is 1.74. The summed E-state index contributed by atoms with van der Waals surface area (Å²) < 4.78 is 0. The highest BCUT2D eigenvalue weighted by Gasteiger charge is 2.19. The van der Waals surface area contributed by atoms with Gasteiger partial charge in [0.15, 0.2) is 0 Å². The van der Waals surface area contributed by atoms with Crippen LogP contribution in [0, 0.1) is 0 Å². The first-order valence-corrected chi connectivity index (χ1v) is 7.39. The van der Waals surface area contributed by atoms with Crippen molar-refractivity contribution in [1.29, 1.82) is 0 Å². The lowest BCUT2D eigenvalue weighted by atomic mass is 10.0. The van der Waals surface area contributed by atoms with Crippen molar-refractivity contribution in [2.24, 2.45) is 0 Å². The van der Waals surface area contributed by atoms with Crippen LogP contribution in [0.3, 0.4) is 0 Å². The van der Waals surface area contributed by atoms with E-state index in [0.717, 1.165) is 32.5 Å². The quantitative estimate of drug-likeness (QED) is 0.838. The summed E-state index contributed by atoms with van der Waals surface area (Å²) in [4.78, 5) is 13.5. The predicted molar refractivity (Wildman–Crippen MR) is 74.7 cm³/mol. The zero-order valence-corrected chi connectivity index (χ0v) is 11.6. The van der Waals surface area contributed by atoms with Gasteiger partial charge in [-0.2, -0.15) is 11.3 Å². The van der Waals surface area contributed by atoms with Gasteiger partial charge in [0, 0.05) is 32.7 Å². The van der Waals surface area contributed by atoms with Crippen LogP contribution in [0.2, 0.25) is 0 Å². The summed E-state index contributed by atoms with van der Waals surface area (Å²) in [6, 6.07) is 2.75. The monoisotopic (exact) mass is 267 g/mol. The number of nitrogens with one attached hydrogen (secondary N) is 2. The molecule has 2 heterocycles. The summed E-state index contributed by atoms with van der Waals surface area (Å²) in [7, 11) is 1.69. The lowest BCUT2D eigenvalue weighted by molar-refractivity contribution is -0.122. The van der Waals surface area contributed by atoms with Gasteiger partial charge < -0.3 is 10.6 Å². The Balaban J connectivity index is 1.65.